The fourth-order valence-electron chi connectivity index (χ4n) is 2.35. The topological polar surface area (TPSA) is 63.2 Å². The van der Waals surface area contributed by atoms with Gasteiger partial charge in [-0.3, -0.25) is 4.79 Å². The number of rotatable bonds is 6. The average molecular weight is 331 g/mol. The highest BCUT2D eigenvalue weighted by atomic mass is 32.2. The van der Waals surface area contributed by atoms with Crippen LogP contribution < -0.4 is 4.72 Å². The summed E-state index contributed by atoms with van der Waals surface area (Å²) >= 11 is 0. The third-order valence-corrected chi connectivity index (χ3v) is 5.11. The van der Waals surface area contributed by atoms with Crippen molar-refractivity contribution in [3.05, 3.63) is 65.2 Å². The van der Waals surface area contributed by atoms with Gasteiger partial charge in [-0.05, 0) is 49.4 Å². The van der Waals surface area contributed by atoms with Gasteiger partial charge < -0.3 is 0 Å². The fraction of sp³-hybridized carbons (Fsp3) is 0.278. The van der Waals surface area contributed by atoms with Gasteiger partial charge in [0.2, 0.25) is 5.91 Å². The van der Waals surface area contributed by atoms with E-state index in [1.165, 1.54) is 0 Å². The van der Waals surface area contributed by atoms with Gasteiger partial charge in [-0.25, -0.2) is 13.1 Å². The lowest BCUT2D eigenvalue weighted by molar-refractivity contribution is -0.119. The fourth-order valence-corrected chi connectivity index (χ4v) is 3.70. The molecule has 0 aliphatic carbocycles. The molecule has 0 aliphatic rings. The molecule has 2 aromatic carbocycles. The number of aryl methyl sites for hydroxylation is 3. The van der Waals surface area contributed by atoms with Gasteiger partial charge in [0, 0.05) is 6.42 Å². The van der Waals surface area contributed by atoms with Crippen LogP contribution in [0.5, 0.6) is 0 Å². The first kappa shape index (κ1) is 17.2. The standard InChI is InChI=1S/C18H21NO3S/c1-14-11-12-15(2)17(13-14)23(21,22)19-18(20)10-6-9-16-7-4-3-5-8-16/h3-5,7-8,11-13H,6,9-10H2,1-2H3,(H,19,20). The Morgan fingerprint density at radius 1 is 1.04 bits per heavy atom. The quantitative estimate of drug-likeness (QED) is 0.884. The van der Waals surface area contributed by atoms with Crippen molar-refractivity contribution >= 4 is 15.9 Å². The van der Waals surface area contributed by atoms with Crippen LogP contribution in [-0.4, -0.2) is 14.3 Å². The van der Waals surface area contributed by atoms with Crippen LogP contribution in [0.4, 0.5) is 0 Å². The zero-order valence-electron chi connectivity index (χ0n) is 13.4. The molecular formula is C18H21NO3S. The van der Waals surface area contributed by atoms with Crippen molar-refractivity contribution in [1.82, 2.24) is 4.72 Å². The normalized spacial score (nSPS) is 11.2. The lowest BCUT2D eigenvalue weighted by Gasteiger charge is -2.10. The Kier molecular flexibility index (Phi) is 5.55. The van der Waals surface area contributed by atoms with E-state index in [-0.39, 0.29) is 11.3 Å². The second-order valence-electron chi connectivity index (χ2n) is 5.64. The van der Waals surface area contributed by atoms with Gasteiger partial charge in [0.1, 0.15) is 0 Å². The molecule has 0 saturated heterocycles. The maximum absolute atomic E-state index is 12.3. The summed E-state index contributed by atoms with van der Waals surface area (Å²) in [5, 5.41) is 0. The number of amides is 1. The van der Waals surface area contributed by atoms with Crippen molar-refractivity contribution < 1.29 is 13.2 Å². The van der Waals surface area contributed by atoms with Crippen LogP contribution in [0, 0.1) is 13.8 Å². The summed E-state index contributed by atoms with van der Waals surface area (Å²) in [6, 6.07) is 15.0. The summed E-state index contributed by atoms with van der Waals surface area (Å²) < 4.78 is 26.8. The molecule has 0 spiro atoms. The summed E-state index contributed by atoms with van der Waals surface area (Å²) in [7, 11) is -3.81. The van der Waals surface area contributed by atoms with Crippen LogP contribution in [0.2, 0.25) is 0 Å². The second-order valence-corrected chi connectivity index (χ2v) is 7.29. The Hall–Kier alpha value is -2.14. The van der Waals surface area contributed by atoms with E-state index in [2.05, 4.69) is 4.72 Å². The number of hydrogen-bond acceptors (Lipinski definition) is 3. The number of benzene rings is 2. The van der Waals surface area contributed by atoms with E-state index in [9.17, 15) is 13.2 Å². The molecule has 0 saturated carbocycles. The molecule has 0 bridgehead atoms. The lowest BCUT2D eigenvalue weighted by Crippen LogP contribution is -2.31. The summed E-state index contributed by atoms with van der Waals surface area (Å²) in [5.41, 5.74) is 2.60. The van der Waals surface area contributed by atoms with Crippen LogP contribution >= 0.6 is 0 Å². The van der Waals surface area contributed by atoms with E-state index in [0.717, 1.165) is 17.5 Å². The Balaban J connectivity index is 1.95. The van der Waals surface area contributed by atoms with Gasteiger partial charge >= 0.3 is 0 Å². The van der Waals surface area contributed by atoms with Gasteiger partial charge in [0.15, 0.2) is 0 Å². The summed E-state index contributed by atoms with van der Waals surface area (Å²) in [5.74, 6) is -0.471. The summed E-state index contributed by atoms with van der Waals surface area (Å²) in [6.07, 6.45) is 1.54. The minimum atomic E-state index is -3.81. The molecule has 0 aromatic heterocycles. The number of carbonyl (C=O) groups excluding carboxylic acids is 1. The highest BCUT2D eigenvalue weighted by molar-refractivity contribution is 7.90. The highest BCUT2D eigenvalue weighted by Crippen LogP contribution is 2.16. The molecule has 0 heterocycles. The minimum Gasteiger partial charge on any atom is -0.274 e. The Morgan fingerprint density at radius 3 is 2.43 bits per heavy atom. The molecule has 0 unspecified atom stereocenters. The first-order valence-corrected chi connectivity index (χ1v) is 9.03. The average Bonchev–Trinajstić information content (AvgIpc) is 2.50. The van der Waals surface area contributed by atoms with Crippen LogP contribution in [0.1, 0.15) is 29.5 Å². The van der Waals surface area contributed by atoms with Crippen molar-refractivity contribution in [2.75, 3.05) is 0 Å². The molecule has 1 amide bonds. The van der Waals surface area contributed by atoms with Crippen LogP contribution in [0.3, 0.4) is 0 Å². The van der Waals surface area contributed by atoms with Gasteiger partial charge in [-0.15, -0.1) is 0 Å². The van der Waals surface area contributed by atoms with Crippen molar-refractivity contribution in [3.8, 4) is 0 Å². The minimum absolute atomic E-state index is 0.161. The molecule has 1 N–H and O–H groups in total. The van der Waals surface area contributed by atoms with Gasteiger partial charge in [0.25, 0.3) is 10.0 Å². The zero-order chi connectivity index (χ0) is 16.9. The number of nitrogens with one attached hydrogen (secondary N) is 1. The van der Waals surface area contributed by atoms with Gasteiger partial charge in [0.05, 0.1) is 4.90 Å². The molecule has 0 aliphatic heterocycles. The Labute approximate surface area is 137 Å². The Bertz CT molecular complexity index is 783. The second kappa shape index (κ2) is 7.42. The van der Waals surface area contributed by atoms with Crippen molar-refractivity contribution in [2.24, 2.45) is 0 Å². The molecule has 0 radical (unpaired) electrons. The van der Waals surface area contributed by atoms with E-state index in [1.807, 2.05) is 43.3 Å². The maximum atomic E-state index is 12.3. The maximum Gasteiger partial charge on any atom is 0.264 e. The molecule has 0 fully saturated rings. The first-order valence-electron chi connectivity index (χ1n) is 7.55. The van der Waals surface area contributed by atoms with Crippen LogP contribution in [0.25, 0.3) is 0 Å². The highest BCUT2D eigenvalue weighted by Gasteiger charge is 2.19. The van der Waals surface area contributed by atoms with Crippen molar-refractivity contribution in [3.63, 3.8) is 0 Å². The number of hydrogen-bond donors (Lipinski definition) is 1. The third-order valence-electron chi connectivity index (χ3n) is 3.59. The van der Waals surface area contributed by atoms with E-state index >= 15 is 0 Å². The van der Waals surface area contributed by atoms with Gasteiger partial charge in [-0.2, -0.15) is 0 Å². The molecule has 2 rings (SSSR count). The lowest BCUT2D eigenvalue weighted by atomic mass is 10.1. The molecule has 4 nitrogen and oxygen atoms in total. The Morgan fingerprint density at radius 2 is 1.74 bits per heavy atom. The smallest absolute Gasteiger partial charge is 0.264 e. The van der Waals surface area contributed by atoms with Gasteiger partial charge in [-0.1, -0.05) is 42.5 Å². The molecule has 0 atom stereocenters. The largest absolute Gasteiger partial charge is 0.274 e. The predicted molar refractivity (Wildman–Crippen MR) is 90.6 cm³/mol. The SMILES string of the molecule is Cc1ccc(C)c(S(=O)(=O)NC(=O)CCCc2ccccc2)c1. The van der Waals surface area contributed by atoms with E-state index in [1.54, 1.807) is 19.1 Å². The zero-order valence-corrected chi connectivity index (χ0v) is 14.2. The molecule has 5 heteroatoms. The first-order chi connectivity index (χ1) is 10.9. The van der Waals surface area contributed by atoms with Crippen LogP contribution in [0.15, 0.2) is 53.4 Å². The molecule has 23 heavy (non-hydrogen) atoms. The molecular weight excluding hydrogens is 310 g/mol. The number of sulfonamides is 1. The summed E-state index contributed by atoms with van der Waals surface area (Å²) in [6.45, 7) is 3.54. The van der Waals surface area contributed by atoms with Crippen molar-refractivity contribution in [1.29, 1.82) is 0 Å². The van der Waals surface area contributed by atoms with E-state index < -0.39 is 15.9 Å². The van der Waals surface area contributed by atoms with E-state index in [4.69, 9.17) is 0 Å². The summed E-state index contributed by atoms with van der Waals surface area (Å²) in [4.78, 5) is 12.1. The molecule has 122 valence electrons. The number of carbonyl (C=O) groups is 1. The predicted octanol–water partition coefficient (Wildman–Crippen LogP) is 3.13. The van der Waals surface area contributed by atoms with Crippen molar-refractivity contribution in [2.45, 2.75) is 38.0 Å². The van der Waals surface area contributed by atoms with E-state index in [0.29, 0.717) is 12.0 Å². The van der Waals surface area contributed by atoms with Crippen LogP contribution in [-0.2, 0) is 21.2 Å². The molecule has 2 aromatic rings. The third kappa shape index (κ3) is 4.93. The monoisotopic (exact) mass is 331 g/mol.